The van der Waals surface area contributed by atoms with E-state index in [0.29, 0.717) is 17.3 Å². The minimum atomic E-state index is -0.130. The number of nitrogens with one attached hydrogen (secondary N) is 1. The summed E-state index contributed by atoms with van der Waals surface area (Å²) >= 11 is 5.41. The monoisotopic (exact) mass is 265 g/mol. The van der Waals surface area contributed by atoms with Crippen LogP contribution >= 0.6 is 12.2 Å². The van der Waals surface area contributed by atoms with Crippen LogP contribution in [0.5, 0.6) is 5.88 Å². The summed E-state index contributed by atoms with van der Waals surface area (Å²) in [6.45, 7) is 3.56. The summed E-state index contributed by atoms with van der Waals surface area (Å²) in [5.41, 5.74) is 1.62. The molecular weight excluding hydrogens is 250 g/mol. The van der Waals surface area contributed by atoms with Gasteiger partial charge in [-0.1, -0.05) is 0 Å². The Morgan fingerprint density at radius 3 is 3.06 bits per heavy atom. The van der Waals surface area contributed by atoms with E-state index < -0.39 is 0 Å². The van der Waals surface area contributed by atoms with Crippen molar-refractivity contribution < 1.29 is 9.47 Å². The van der Waals surface area contributed by atoms with E-state index in [-0.39, 0.29) is 5.54 Å². The van der Waals surface area contributed by atoms with Gasteiger partial charge in [-0.25, -0.2) is 0 Å². The highest BCUT2D eigenvalue weighted by Crippen LogP contribution is 2.31. The molecule has 1 aliphatic heterocycles. The summed E-state index contributed by atoms with van der Waals surface area (Å²) in [6, 6.07) is 3.76. The molecule has 2 aromatic rings. The van der Waals surface area contributed by atoms with E-state index in [1.807, 2.05) is 16.7 Å². The predicted molar refractivity (Wildman–Crippen MR) is 70.6 cm³/mol. The van der Waals surface area contributed by atoms with Crippen molar-refractivity contribution in [3.63, 3.8) is 0 Å². The first-order valence-corrected chi connectivity index (χ1v) is 6.29. The van der Waals surface area contributed by atoms with Gasteiger partial charge < -0.3 is 14.5 Å². The lowest BCUT2D eigenvalue weighted by atomic mass is 10.0. The number of hydrogen-bond donors (Lipinski definition) is 1. The predicted octanol–water partition coefficient (Wildman–Crippen LogP) is 2.24. The number of pyridine rings is 1. The van der Waals surface area contributed by atoms with Crippen LogP contribution in [-0.2, 0) is 10.3 Å². The van der Waals surface area contributed by atoms with Gasteiger partial charge >= 0.3 is 0 Å². The molecule has 0 spiro atoms. The number of rotatable bonds is 2. The van der Waals surface area contributed by atoms with E-state index in [9.17, 15) is 0 Å². The molecule has 0 bridgehead atoms. The zero-order valence-electron chi connectivity index (χ0n) is 10.4. The first-order chi connectivity index (χ1) is 8.64. The molecule has 2 aromatic heterocycles. The normalized spacial score (nSPS) is 23.7. The maximum absolute atomic E-state index is 5.50. The number of aromatic nitrogens is 3. The van der Waals surface area contributed by atoms with Gasteiger partial charge in [-0.3, -0.25) is 4.57 Å². The molecule has 3 heterocycles. The Kier molecular flexibility index (Phi) is 2.64. The van der Waals surface area contributed by atoms with E-state index in [2.05, 4.69) is 16.9 Å². The third kappa shape index (κ3) is 1.64. The molecule has 0 radical (unpaired) electrons. The van der Waals surface area contributed by atoms with Gasteiger partial charge in [-0.05, 0) is 31.6 Å². The molecule has 96 valence electrons. The number of hydrogen-bond acceptors (Lipinski definition) is 4. The van der Waals surface area contributed by atoms with Gasteiger partial charge in [0.1, 0.15) is 0 Å². The van der Waals surface area contributed by atoms with Crippen LogP contribution in [0.3, 0.4) is 0 Å². The van der Waals surface area contributed by atoms with Crippen molar-refractivity contribution in [3.8, 4) is 5.88 Å². The van der Waals surface area contributed by atoms with E-state index in [4.69, 9.17) is 21.7 Å². The van der Waals surface area contributed by atoms with Crippen LogP contribution in [0.1, 0.15) is 13.3 Å². The molecule has 3 rings (SSSR count). The second-order valence-electron chi connectivity index (χ2n) is 4.79. The maximum atomic E-state index is 5.50. The van der Waals surface area contributed by atoms with Crippen LogP contribution in [0.4, 0.5) is 0 Å². The largest absolute Gasteiger partial charge is 0.481 e. The number of H-pyrrole nitrogens is 1. The lowest BCUT2D eigenvalue weighted by Gasteiger charge is -2.24. The number of ether oxygens (including phenoxy) is 2. The Labute approximate surface area is 110 Å². The molecule has 18 heavy (non-hydrogen) atoms. The molecule has 1 aliphatic rings. The van der Waals surface area contributed by atoms with Gasteiger partial charge in [0.25, 0.3) is 0 Å². The molecular formula is C12H15N3O2S. The average Bonchev–Trinajstić information content (AvgIpc) is 2.91. The third-order valence-corrected chi connectivity index (χ3v) is 3.74. The first kappa shape index (κ1) is 11.7. The Hall–Kier alpha value is -1.40. The molecule has 5 nitrogen and oxygen atoms in total. The van der Waals surface area contributed by atoms with Crippen LogP contribution in [0.25, 0.3) is 11.2 Å². The van der Waals surface area contributed by atoms with Crippen molar-refractivity contribution in [1.82, 2.24) is 14.5 Å². The number of fused-ring (bicyclic) bond motifs is 1. The Bertz CT molecular complexity index is 640. The Morgan fingerprint density at radius 1 is 1.56 bits per heavy atom. The molecule has 1 fully saturated rings. The minimum Gasteiger partial charge on any atom is -0.481 e. The molecule has 1 saturated heterocycles. The number of methoxy groups -OCH3 is 1. The van der Waals surface area contributed by atoms with Crippen LogP contribution in [0.15, 0.2) is 12.1 Å². The van der Waals surface area contributed by atoms with Crippen molar-refractivity contribution in [2.45, 2.75) is 18.9 Å². The number of nitrogens with zero attached hydrogens (tertiary/aromatic N) is 2. The minimum absolute atomic E-state index is 0.130. The molecule has 0 aromatic carbocycles. The van der Waals surface area contributed by atoms with E-state index in [1.54, 1.807) is 7.11 Å². The lowest BCUT2D eigenvalue weighted by Crippen LogP contribution is -2.30. The maximum Gasteiger partial charge on any atom is 0.215 e. The molecule has 1 atom stereocenters. The number of aromatic amines is 1. The van der Waals surface area contributed by atoms with Gasteiger partial charge in [0.05, 0.1) is 24.8 Å². The fourth-order valence-corrected chi connectivity index (χ4v) is 2.83. The molecule has 1 unspecified atom stereocenters. The van der Waals surface area contributed by atoms with Gasteiger partial charge in [0, 0.05) is 12.7 Å². The zero-order valence-corrected chi connectivity index (χ0v) is 11.2. The number of imidazole rings is 1. The second-order valence-corrected chi connectivity index (χ2v) is 5.18. The summed E-state index contributed by atoms with van der Waals surface area (Å²) in [4.78, 5) is 7.68. The van der Waals surface area contributed by atoms with E-state index in [0.717, 1.165) is 24.2 Å². The van der Waals surface area contributed by atoms with Crippen LogP contribution in [0, 0.1) is 4.77 Å². The van der Waals surface area contributed by atoms with E-state index >= 15 is 0 Å². The summed E-state index contributed by atoms with van der Waals surface area (Å²) in [7, 11) is 1.61. The zero-order chi connectivity index (χ0) is 12.8. The molecule has 6 heteroatoms. The molecule has 0 saturated carbocycles. The second kappa shape index (κ2) is 4.07. The van der Waals surface area contributed by atoms with Crippen LogP contribution in [-0.4, -0.2) is 34.9 Å². The highest BCUT2D eigenvalue weighted by Gasteiger charge is 2.34. The summed E-state index contributed by atoms with van der Waals surface area (Å²) in [5, 5.41) is 0. The van der Waals surface area contributed by atoms with Gasteiger partial charge in [-0.15, -0.1) is 0 Å². The van der Waals surface area contributed by atoms with Crippen LogP contribution < -0.4 is 4.74 Å². The van der Waals surface area contributed by atoms with Crippen LogP contribution in [0.2, 0.25) is 0 Å². The first-order valence-electron chi connectivity index (χ1n) is 5.88. The highest BCUT2D eigenvalue weighted by atomic mass is 32.1. The Morgan fingerprint density at radius 2 is 2.39 bits per heavy atom. The lowest BCUT2D eigenvalue weighted by molar-refractivity contribution is 0.162. The van der Waals surface area contributed by atoms with Crippen molar-refractivity contribution in [3.05, 3.63) is 16.9 Å². The Balaban J connectivity index is 2.27. The third-order valence-electron chi connectivity index (χ3n) is 3.45. The smallest absolute Gasteiger partial charge is 0.215 e. The summed E-state index contributed by atoms with van der Waals surface area (Å²) < 4.78 is 13.4. The van der Waals surface area contributed by atoms with Gasteiger partial charge in [0.2, 0.25) is 5.88 Å². The fourth-order valence-electron chi connectivity index (χ4n) is 2.41. The van der Waals surface area contributed by atoms with Crippen molar-refractivity contribution in [2.24, 2.45) is 0 Å². The van der Waals surface area contributed by atoms with E-state index in [1.165, 1.54) is 0 Å². The fraction of sp³-hybridized carbons (Fsp3) is 0.500. The SMILES string of the molecule is COc1ccc2[nH]c(=S)n(C3(C)CCOC3)c2n1. The average molecular weight is 265 g/mol. The van der Waals surface area contributed by atoms with Crippen molar-refractivity contribution in [2.75, 3.05) is 20.3 Å². The molecule has 0 aliphatic carbocycles. The summed E-state index contributed by atoms with van der Waals surface area (Å²) in [5.74, 6) is 0.591. The van der Waals surface area contributed by atoms with Crippen molar-refractivity contribution >= 4 is 23.4 Å². The molecule has 0 amide bonds. The highest BCUT2D eigenvalue weighted by molar-refractivity contribution is 7.71. The topological polar surface area (TPSA) is 52.1 Å². The standard InChI is InChI=1S/C12H15N3O2S/c1-12(5-6-17-7-12)15-10-8(13-11(15)18)3-4-9(14-10)16-2/h3-4H,5-7H2,1-2H3,(H,13,18). The molecule has 1 N–H and O–H groups in total. The quantitative estimate of drug-likeness (QED) is 0.846. The van der Waals surface area contributed by atoms with Gasteiger partial charge in [0.15, 0.2) is 10.4 Å². The van der Waals surface area contributed by atoms with Crippen molar-refractivity contribution in [1.29, 1.82) is 0 Å². The van der Waals surface area contributed by atoms with Gasteiger partial charge in [-0.2, -0.15) is 4.98 Å². The summed E-state index contributed by atoms with van der Waals surface area (Å²) in [6.07, 6.45) is 0.938.